The van der Waals surface area contributed by atoms with Gasteiger partial charge in [-0.1, -0.05) is 32.1 Å². The Morgan fingerprint density at radius 3 is 2.41 bits per heavy atom. The average molecular weight is 332 g/mol. The van der Waals surface area contributed by atoms with Crippen LogP contribution in [0.15, 0.2) is 0 Å². The van der Waals surface area contributed by atoms with Crippen LogP contribution in [0.2, 0.25) is 0 Å². The van der Waals surface area contributed by atoms with Crippen LogP contribution < -0.4 is 0 Å². The fourth-order valence-corrected chi connectivity index (χ4v) is 4.14. The summed E-state index contributed by atoms with van der Waals surface area (Å²) in [5.41, 5.74) is 0. The molecule has 0 aromatic rings. The van der Waals surface area contributed by atoms with Gasteiger partial charge in [0.1, 0.15) is 6.04 Å². The van der Waals surface area contributed by atoms with Crippen LogP contribution in [0.25, 0.3) is 0 Å². The van der Waals surface area contributed by atoms with Gasteiger partial charge in [0.15, 0.2) is 0 Å². The smallest absolute Gasteiger partial charge is 0.326 e. The molecule has 7 nitrogen and oxygen atoms in total. The van der Waals surface area contributed by atoms with E-state index >= 15 is 0 Å². The van der Waals surface area contributed by atoms with Crippen molar-refractivity contribution in [2.75, 3.05) is 25.9 Å². The maximum atomic E-state index is 12.2. The molecule has 1 N–H and O–H groups in total. The number of sulfonamides is 1. The predicted molar refractivity (Wildman–Crippen MR) is 80.7 cm³/mol. The number of carboxylic acids is 1. The predicted octanol–water partition coefficient (Wildman–Crippen LogP) is 0.514. The molecule has 0 aromatic carbocycles. The van der Waals surface area contributed by atoms with Gasteiger partial charge in [-0.15, -0.1) is 0 Å². The van der Waals surface area contributed by atoms with E-state index in [2.05, 4.69) is 0 Å². The molecule has 1 unspecified atom stereocenters. The highest BCUT2D eigenvalue weighted by Crippen LogP contribution is 2.29. The van der Waals surface area contributed by atoms with E-state index in [4.69, 9.17) is 0 Å². The molecule has 2 rings (SSSR count). The zero-order chi connectivity index (χ0) is 16.3. The summed E-state index contributed by atoms with van der Waals surface area (Å²) in [5, 5.41) is 9.47. The van der Waals surface area contributed by atoms with Gasteiger partial charge >= 0.3 is 5.97 Å². The monoisotopic (exact) mass is 332 g/mol. The Bertz CT molecular complexity index is 527. The van der Waals surface area contributed by atoms with Gasteiger partial charge in [-0.3, -0.25) is 4.79 Å². The lowest BCUT2D eigenvalue weighted by molar-refractivity contribution is -0.153. The van der Waals surface area contributed by atoms with Gasteiger partial charge in [0.05, 0.1) is 12.8 Å². The number of hydrogen-bond acceptors (Lipinski definition) is 4. The lowest BCUT2D eigenvalue weighted by atomic mass is 9.84. The molecule has 1 saturated heterocycles. The van der Waals surface area contributed by atoms with Crippen LogP contribution in [-0.4, -0.2) is 66.5 Å². The van der Waals surface area contributed by atoms with E-state index in [1.165, 1.54) is 11.3 Å². The fourth-order valence-electron chi connectivity index (χ4n) is 3.38. The van der Waals surface area contributed by atoms with Crippen molar-refractivity contribution in [3.8, 4) is 0 Å². The third kappa shape index (κ3) is 4.19. The van der Waals surface area contributed by atoms with Crippen LogP contribution in [0.1, 0.15) is 38.5 Å². The molecule has 2 fully saturated rings. The van der Waals surface area contributed by atoms with Crippen LogP contribution in [0, 0.1) is 5.92 Å². The summed E-state index contributed by atoms with van der Waals surface area (Å²) in [4.78, 5) is 25.1. The van der Waals surface area contributed by atoms with Crippen molar-refractivity contribution in [2.24, 2.45) is 5.92 Å². The highest BCUT2D eigenvalue weighted by Gasteiger charge is 2.37. The SMILES string of the molecule is CS(=O)(=O)N1CCN(C(CC2CCCCC2)C(=O)O)C(=O)C1. The summed E-state index contributed by atoms with van der Waals surface area (Å²) in [6.07, 6.45) is 7.00. The summed E-state index contributed by atoms with van der Waals surface area (Å²) in [5.74, 6) is -1.07. The van der Waals surface area contributed by atoms with Crippen molar-refractivity contribution < 1.29 is 23.1 Å². The number of carbonyl (C=O) groups excluding carboxylic acids is 1. The van der Waals surface area contributed by atoms with Crippen LogP contribution in [0.4, 0.5) is 0 Å². The second-order valence-corrected chi connectivity index (χ2v) is 8.26. The lowest BCUT2D eigenvalue weighted by Gasteiger charge is -2.38. The Labute approximate surface area is 131 Å². The Morgan fingerprint density at radius 1 is 1.27 bits per heavy atom. The number of hydrogen-bond donors (Lipinski definition) is 1. The minimum Gasteiger partial charge on any atom is -0.480 e. The first-order valence-corrected chi connectivity index (χ1v) is 9.61. The Hall–Kier alpha value is -1.15. The number of amides is 1. The molecular weight excluding hydrogens is 308 g/mol. The Morgan fingerprint density at radius 2 is 1.91 bits per heavy atom. The quantitative estimate of drug-likeness (QED) is 0.792. The molecule has 0 aromatic heterocycles. The number of carbonyl (C=O) groups is 2. The van der Waals surface area contributed by atoms with Crippen LogP contribution in [-0.2, 0) is 19.6 Å². The highest BCUT2D eigenvalue weighted by atomic mass is 32.2. The van der Waals surface area contributed by atoms with Crippen molar-refractivity contribution in [3.63, 3.8) is 0 Å². The second-order valence-electron chi connectivity index (χ2n) is 6.28. The van der Waals surface area contributed by atoms with E-state index in [0.29, 0.717) is 12.3 Å². The third-order valence-corrected chi connectivity index (χ3v) is 5.88. The van der Waals surface area contributed by atoms with Crippen molar-refractivity contribution in [3.05, 3.63) is 0 Å². The number of rotatable bonds is 5. The molecule has 1 amide bonds. The van der Waals surface area contributed by atoms with Crippen LogP contribution in [0.5, 0.6) is 0 Å². The zero-order valence-electron chi connectivity index (χ0n) is 12.9. The molecule has 22 heavy (non-hydrogen) atoms. The molecule has 8 heteroatoms. The zero-order valence-corrected chi connectivity index (χ0v) is 13.7. The van der Waals surface area contributed by atoms with Crippen LogP contribution in [0.3, 0.4) is 0 Å². The normalized spacial score (nSPS) is 23.5. The topological polar surface area (TPSA) is 95.0 Å². The fraction of sp³-hybridized carbons (Fsp3) is 0.857. The van der Waals surface area contributed by atoms with Crippen LogP contribution >= 0.6 is 0 Å². The molecule has 1 saturated carbocycles. The van der Waals surface area contributed by atoms with E-state index in [0.717, 1.165) is 36.2 Å². The summed E-state index contributed by atoms with van der Waals surface area (Å²) in [6, 6.07) is -0.836. The van der Waals surface area contributed by atoms with E-state index in [-0.39, 0.29) is 19.6 Å². The molecule has 0 bridgehead atoms. The molecule has 1 atom stereocenters. The minimum absolute atomic E-state index is 0.148. The van der Waals surface area contributed by atoms with Crippen molar-refractivity contribution in [2.45, 2.75) is 44.6 Å². The van der Waals surface area contributed by atoms with Crippen molar-refractivity contribution in [1.82, 2.24) is 9.21 Å². The molecule has 0 radical (unpaired) electrons. The molecule has 1 aliphatic carbocycles. The molecule has 0 spiro atoms. The Kier molecular flexibility index (Phi) is 5.44. The number of piperazine rings is 1. The number of nitrogens with zero attached hydrogens (tertiary/aromatic N) is 2. The average Bonchev–Trinajstić information content (AvgIpc) is 2.45. The van der Waals surface area contributed by atoms with Crippen molar-refractivity contribution in [1.29, 1.82) is 0 Å². The van der Waals surface area contributed by atoms with Gasteiger partial charge in [-0.25, -0.2) is 13.2 Å². The lowest BCUT2D eigenvalue weighted by Crippen LogP contribution is -2.57. The first kappa shape index (κ1) is 17.2. The van der Waals surface area contributed by atoms with Gasteiger partial charge in [-0.05, 0) is 12.3 Å². The number of carboxylic acid groups (broad SMARTS) is 1. The van der Waals surface area contributed by atoms with E-state index in [1.807, 2.05) is 0 Å². The Balaban J connectivity index is 2.03. The maximum absolute atomic E-state index is 12.2. The highest BCUT2D eigenvalue weighted by molar-refractivity contribution is 7.88. The van der Waals surface area contributed by atoms with Gasteiger partial charge in [0, 0.05) is 13.1 Å². The standard InChI is InChI=1S/C14H24N2O5S/c1-22(20,21)15-7-8-16(13(17)10-15)12(14(18)19)9-11-5-3-2-4-6-11/h11-12H,2-10H2,1H3,(H,18,19). The summed E-state index contributed by atoms with van der Waals surface area (Å²) < 4.78 is 24.1. The van der Waals surface area contributed by atoms with E-state index in [1.54, 1.807) is 0 Å². The summed E-state index contributed by atoms with van der Waals surface area (Å²) in [6.45, 7) is 0.0574. The van der Waals surface area contributed by atoms with Gasteiger partial charge < -0.3 is 10.0 Å². The number of aliphatic carboxylic acids is 1. The van der Waals surface area contributed by atoms with E-state index < -0.39 is 27.9 Å². The minimum atomic E-state index is -3.42. The molecule has 1 aliphatic heterocycles. The second kappa shape index (κ2) is 6.95. The van der Waals surface area contributed by atoms with Gasteiger partial charge in [0.2, 0.25) is 15.9 Å². The largest absolute Gasteiger partial charge is 0.480 e. The molecule has 126 valence electrons. The van der Waals surface area contributed by atoms with Crippen molar-refractivity contribution >= 4 is 21.9 Å². The van der Waals surface area contributed by atoms with E-state index in [9.17, 15) is 23.1 Å². The maximum Gasteiger partial charge on any atom is 0.326 e. The van der Waals surface area contributed by atoms with Gasteiger partial charge in [0.25, 0.3) is 0 Å². The molecule has 2 aliphatic rings. The molecule has 1 heterocycles. The third-order valence-electron chi connectivity index (χ3n) is 4.63. The molecular formula is C14H24N2O5S. The van der Waals surface area contributed by atoms with Gasteiger partial charge in [-0.2, -0.15) is 4.31 Å². The summed E-state index contributed by atoms with van der Waals surface area (Å²) >= 11 is 0. The summed E-state index contributed by atoms with van der Waals surface area (Å²) in [7, 11) is -3.42. The first-order valence-electron chi connectivity index (χ1n) is 7.76. The first-order chi connectivity index (χ1) is 10.3.